The van der Waals surface area contributed by atoms with Gasteiger partial charge in [-0.2, -0.15) is 0 Å². The molecular weight excluding hydrogens is 412 g/mol. The summed E-state index contributed by atoms with van der Waals surface area (Å²) in [5.74, 6) is -2.12. The fraction of sp³-hybridized carbons (Fsp3) is 0.320. The Labute approximate surface area is 186 Å². The molecule has 0 aliphatic carbocycles. The summed E-state index contributed by atoms with van der Waals surface area (Å²) in [6, 6.07) is 2.08. The molecule has 1 aliphatic heterocycles. The first kappa shape index (κ1) is 23.1. The van der Waals surface area contributed by atoms with Crippen LogP contribution in [0.5, 0.6) is 34.5 Å². The van der Waals surface area contributed by atoms with Crippen molar-refractivity contribution in [2.45, 2.75) is 53.1 Å². The number of ketones is 1. The van der Waals surface area contributed by atoms with Crippen molar-refractivity contribution in [3.05, 3.63) is 57.7 Å². The van der Waals surface area contributed by atoms with Crippen LogP contribution in [0.15, 0.2) is 35.4 Å². The van der Waals surface area contributed by atoms with E-state index in [1.54, 1.807) is 0 Å². The van der Waals surface area contributed by atoms with Gasteiger partial charge < -0.3 is 30.3 Å². The number of carbonyl (C=O) groups excluding carboxylic acids is 1. The van der Waals surface area contributed by atoms with Crippen LogP contribution in [-0.4, -0.2) is 31.3 Å². The molecule has 0 bridgehead atoms. The highest BCUT2D eigenvalue weighted by atomic mass is 16.5. The highest BCUT2D eigenvalue weighted by Crippen LogP contribution is 2.50. The molecule has 0 fully saturated rings. The molecule has 1 atom stereocenters. The first-order chi connectivity index (χ1) is 15.0. The van der Waals surface area contributed by atoms with Gasteiger partial charge in [-0.25, -0.2) is 0 Å². The number of hydrogen-bond acceptors (Lipinski definition) is 7. The number of aromatic hydroxyl groups is 5. The Bertz CT molecular complexity index is 1110. The predicted molar refractivity (Wildman–Crippen MR) is 120 cm³/mol. The van der Waals surface area contributed by atoms with E-state index in [1.165, 1.54) is 0 Å². The molecular formula is C25H28O7. The molecule has 0 aromatic heterocycles. The zero-order valence-corrected chi connectivity index (χ0v) is 18.6. The summed E-state index contributed by atoms with van der Waals surface area (Å²) in [5.41, 5.74) is 2.49. The molecule has 0 saturated carbocycles. The van der Waals surface area contributed by atoms with E-state index in [9.17, 15) is 30.3 Å². The maximum atomic E-state index is 13.1. The lowest BCUT2D eigenvalue weighted by Gasteiger charge is -2.30. The molecule has 7 heteroatoms. The van der Waals surface area contributed by atoms with E-state index in [-0.39, 0.29) is 59.0 Å². The second-order valence-electron chi connectivity index (χ2n) is 8.46. The molecule has 1 heterocycles. The maximum Gasteiger partial charge on any atom is 0.174 e. The van der Waals surface area contributed by atoms with Crippen molar-refractivity contribution >= 4 is 5.78 Å². The Kier molecular flexibility index (Phi) is 6.39. The van der Waals surface area contributed by atoms with Gasteiger partial charge in [-0.15, -0.1) is 0 Å². The first-order valence-corrected chi connectivity index (χ1v) is 10.3. The van der Waals surface area contributed by atoms with E-state index < -0.39 is 23.4 Å². The van der Waals surface area contributed by atoms with Crippen molar-refractivity contribution in [2.24, 2.45) is 0 Å². The maximum absolute atomic E-state index is 13.1. The van der Waals surface area contributed by atoms with Gasteiger partial charge in [-0.1, -0.05) is 23.3 Å². The second-order valence-corrected chi connectivity index (χ2v) is 8.46. The zero-order chi connectivity index (χ0) is 23.7. The molecule has 7 nitrogen and oxygen atoms in total. The topological polar surface area (TPSA) is 127 Å². The van der Waals surface area contributed by atoms with E-state index in [1.807, 2.05) is 39.8 Å². The van der Waals surface area contributed by atoms with E-state index in [2.05, 4.69) is 0 Å². The number of carbonyl (C=O) groups is 1. The number of rotatable bonds is 5. The first-order valence-electron chi connectivity index (χ1n) is 10.3. The monoisotopic (exact) mass is 440 g/mol. The smallest absolute Gasteiger partial charge is 0.174 e. The Morgan fingerprint density at radius 2 is 1.44 bits per heavy atom. The highest BCUT2D eigenvalue weighted by molar-refractivity contribution is 6.04. The normalized spacial score (nSPS) is 15.0. The fourth-order valence-corrected chi connectivity index (χ4v) is 3.75. The summed E-state index contributed by atoms with van der Waals surface area (Å²) in [5, 5.41) is 52.0. The lowest BCUT2D eigenvalue weighted by molar-refractivity contribution is 0.0836. The van der Waals surface area contributed by atoms with Gasteiger partial charge in [0, 0.05) is 23.3 Å². The van der Waals surface area contributed by atoms with Gasteiger partial charge in [0.25, 0.3) is 0 Å². The zero-order valence-electron chi connectivity index (χ0n) is 18.6. The van der Waals surface area contributed by atoms with Crippen molar-refractivity contribution in [2.75, 3.05) is 0 Å². The van der Waals surface area contributed by atoms with Crippen molar-refractivity contribution < 1.29 is 35.1 Å². The van der Waals surface area contributed by atoms with E-state index in [0.29, 0.717) is 5.56 Å². The van der Waals surface area contributed by atoms with Gasteiger partial charge >= 0.3 is 0 Å². The van der Waals surface area contributed by atoms with E-state index in [4.69, 9.17) is 4.74 Å². The quantitative estimate of drug-likeness (QED) is 0.417. The number of benzene rings is 2. The standard InChI is InChI=1S/C25H28O7/c1-12(2)5-7-15-23(30)16(8-6-13(3)4)25-22(24(15)31)19(29)11-20(32-25)21-17(27)9-14(26)10-18(21)28/h5-6,9-10,20,26-28,30-31H,7-8,11H2,1-4H3/t20-/m0/s1. The van der Waals surface area contributed by atoms with E-state index in [0.717, 1.165) is 23.3 Å². The highest BCUT2D eigenvalue weighted by Gasteiger charge is 2.37. The number of ether oxygens (including phenoxy) is 1. The minimum Gasteiger partial charge on any atom is -0.508 e. The van der Waals surface area contributed by atoms with Crippen molar-refractivity contribution in [1.82, 2.24) is 0 Å². The fourth-order valence-electron chi connectivity index (χ4n) is 3.75. The average Bonchev–Trinajstić information content (AvgIpc) is 2.66. The summed E-state index contributed by atoms with van der Waals surface area (Å²) in [6.45, 7) is 7.59. The number of Topliss-reactive ketones (excluding diaryl/α,β-unsaturated/α-hetero) is 1. The molecule has 5 N–H and O–H groups in total. The van der Waals surface area contributed by atoms with Crippen LogP contribution in [0, 0.1) is 0 Å². The van der Waals surface area contributed by atoms with Crippen LogP contribution in [0.3, 0.4) is 0 Å². The second kappa shape index (κ2) is 8.86. The molecule has 170 valence electrons. The minimum absolute atomic E-state index is 0.0200. The molecule has 0 saturated heterocycles. The van der Waals surface area contributed by atoms with Gasteiger partial charge in [0.15, 0.2) is 5.78 Å². The van der Waals surface area contributed by atoms with Crippen LogP contribution in [-0.2, 0) is 12.8 Å². The lowest BCUT2D eigenvalue weighted by atomic mass is 9.88. The Morgan fingerprint density at radius 3 is 1.97 bits per heavy atom. The molecule has 0 spiro atoms. The molecule has 32 heavy (non-hydrogen) atoms. The van der Waals surface area contributed by atoms with Crippen molar-refractivity contribution in [3.8, 4) is 34.5 Å². The van der Waals surface area contributed by atoms with Crippen LogP contribution >= 0.6 is 0 Å². The average molecular weight is 440 g/mol. The molecule has 1 aliphatic rings. The Balaban J connectivity index is 2.21. The lowest BCUT2D eigenvalue weighted by Crippen LogP contribution is -2.22. The van der Waals surface area contributed by atoms with Crippen molar-refractivity contribution in [1.29, 1.82) is 0 Å². The van der Waals surface area contributed by atoms with Gasteiger partial charge in [0.05, 0.1) is 12.0 Å². The third kappa shape index (κ3) is 4.37. The molecule has 0 amide bonds. The van der Waals surface area contributed by atoms with Crippen LogP contribution in [0.25, 0.3) is 0 Å². The molecule has 2 aromatic carbocycles. The Morgan fingerprint density at radius 1 is 0.906 bits per heavy atom. The number of fused-ring (bicyclic) bond motifs is 1. The van der Waals surface area contributed by atoms with Crippen molar-refractivity contribution in [3.63, 3.8) is 0 Å². The minimum atomic E-state index is -1.07. The summed E-state index contributed by atoms with van der Waals surface area (Å²) in [4.78, 5) is 13.1. The molecule has 0 unspecified atom stereocenters. The summed E-state index contributed by atoms with van der Waals surface area (Å²) in [6.07, 6.45) is 2.89. The van der Waals surface area contributed by atoms with Gasteiger partial charge in [0.1, 0.15) is 46.2 Å². The van der Waals surface area contributed by atoms with Crippen LogP contribution in [0.4, 0.5) is 0 Å². The van der Waals surface area contributed by atoms with Crippen LogP contribution in [0.1, 0.15) is 67.3 Å². The van der Waals surface area contributed by atoms with Crippen LogP contribution < -0.4 is 4.74 Å². The summed E-state index contributed by atoms with van der Waals surface area (Å²) < 4.78 is 6.01. The number of hydrogen-bond donors (Lipinski definition) is 5. The van der Waals surface area contributed by atoms with Gasteiger partial charge in [-0.3, -0.25) is 4.79 Å². The predicted octanol–water partition coefficient (Wildman–Crippen LogP) is 4.94. The summed E-state index contributed by atoms with van der Waals surface area (Å²) in [7, 11) is 0. The molecule has 3 rings (SSSR count). The Hall–Kier alpha value is -3.61. The van der Waals surface area contributed by atoms with E-state index >= 15 is 0 Å². The number of phenols is 5. The summed E-state index contributed by atoms with van der Waals surface area (Å²) >= 11 is 0. The molecule has 2 aromatic rings. The largest absolute Gasteiger partial charge is 0.508 e. The van der Waals surface area contributed by atoms with Crippen LogP contribution in [0.2, 0.25) is 0 Å². The van der Waals surface area contributed by atoms with Gasteiger partial charge in [0.2, 0.25) is 0 Å². The number of allylic oxidation sites excluding steroid dienone is 4. The SMILES string of the molecule is CC(C)=CCc1c(O)c(CC=C(C)C)c2c(c1O)C(=O)C[C@@H](c1c(O)cc(O)cc1O)O2. The third-order valence-corrected chi connectivity index (χ3v) is 5.38. The number of phenolic OH excluding ortho intramolecular Hbond substituents is 5. The van der Waals surface area contributed by atoms with Gasteiger partial charge in [-0.05, 0) is 40.5 Å². The third-order valence-electron chi connectivity index (χ3n) is 5.38. The molecule has 0 radical (unpaired) electrons.